The van der Waals surface area contributed by atoms with Crippen molar-refractivity contribution in [3.63, 3.8) is 0 Å². The summed E-state index contributed by atoms with van der Waals surface area (Å²) in [6, 6.07) is 12.6. The molecule has 23 heavy (non-hydrogen) atoms. The first-order valence-corrected chi connectivity index (χ1v) is 8.24. The molecule has 0 saturated carbocycles. The van der Waals surface area contributed by atoms with Crippen LogP contribution in [0.15, 0.2) is 42.5 Å². The van der Waals surface area contributed by atoms with Gasteiger partial charge in [-0.1, -0.05) is 62.6 Å². The average Bonchev–Trinajstić information content (AvgIpc) is 2.54. The van der Waals surface area contributed by atoms with Gasteiger partial charge in [-0.2, -0.15) is 0 Å². The monoisotopic (exact) mass is 312 g/mol. The normalized spacial score (nSPS) is 10.7. The zero-order valence-electron chi connectivity index (χ0n) is 13.6. The summed E-state index contributed by atoms with van der Waals surface area (Å²) >= 11 is 0. The number of phenols is 2. The first-order valence-electron chi connectivity index (χ1n) is 8.24. The number of benzene rings is 2. The van der Waals surface area contributed by atoms with E-state index in [1.807, 2.05) is 30.3 Å². The van der Waals surface area contributed by atoms with E-state index in [2.05, 4.69) is 6.92 Å². The number of Topliss-reactive ketones (excluding diaryl/α,β-unsaturated/α-hetero) is 1. The molecule has 0 heterocycles. The molecule has 3 heteroatoms. The molecule has 3 nitrogen and oxygen atoms in total. The number of carbonyl (C=O) groups is 1. The van der Waals surface area contributed by atoms with E-state index >= 15 is 0 Å². The third kappa shape index (κ3) is 4.59. The number of aromatic hydroxyl groups is 2. The van der Waals surface area contributed by atoms with Crippen molar-refractivity contribution in [2.45, 2.75) is 45.4 Å². The largest absolute Gasteiger partial charge is 0.507 e. The van der Waals surface area contributed by atoms with Crippen LogP contribution in [0.25, 0.3) is 0 Å². The summed E-state index contributed by atoms with van der Waals surface area (Å²) in [6.07, 6.45) is 5.28. The minimum absolute atomic E-state index is 0.0434. The topological polar surface area (TPSA) is 57.5 Å². The van der Waals surface area contributed by atoms with Crippen LogP contribution in [0.4, 0.5) is 0 Å². The molecule has 0 bridgehead atoms. The molecular formula is C20H24O3. The summed E-state index contributed by atoms with van der Waals surface area (Å²) in [5, 5.41) is 20.4. The van der Waals surface area contributed by atoms with Gasteiger partial charge in [-0.25, -0.2) is 0 Å². The molecule has 0 fully saturated rings. The molecule has 0 aliphatic carbocycles. The van der Waals surface area contributed by atoms with Crippen molar-refractivity contribution in [1.82, 2.24) is 0 Å². The first kappa shape index (κ1) is 17.1. The maximum absolute atomic E-state index is 12.5. The van der Waals surface area contributed by atoms with E-state index in [-0.39, 0.29) is 29.3 Å². The van der Waals surface area contributed by atoms with Crippen LogP contribution in [0.2, 0.25) is 0 Å². The van der Waals surface area contributed by atoms with Crippen molar-refractivity contribution in [3.8, 4) is 11.5 Å². The molecule has 0 amide bonds. The van der Waals surface area contributed by atoms with Crippen molar-refractivity contribution in [2.75, 3.05) is 0 Å². The minimum atomic E-state index is -0.262. The highest BCUT2D eigenvalue weighted by atomic mass is 16.3. The number of unbranched alkanes of at least 4 members (excludes halogenated alkanes) is 3. The zero-order chi connectivity index (χ0) is 16.7. The van der Waals surface area contributed by atoms with Gasteiger partial charge in [0.15, 0.2) is 5.78 Å². The summed E-state index contributed by atoms with van der Waals surface area (Å²) in [7, 11) is 0. The molecule has 0 unspecified atom stereocenters. The van der Waals surface area contributed by atoms with Crippen LogP contribution in [-0.2, 0) is 12.8 Å². The number of aryl methyl sites for hydroxylation is 1. The summed E-state index contributed by atoms with van der Waals surface area (Å²) in [4.78, 5) is 12.5. The second kappa shape index (κ2) is 8.37. The van der Waals surface area contributed by atoms with Crippen LogP contribution in [-0.4, -0.2) is 16.0 Å². The van der Waals surface area contributed by atoms with E-state index in [0.717, 1.165) is 36.8 Å². The van der Waals surface area contributed by atoms with E-state index in [1.54, 1.807) is 6.07 Å². The fourth-order valence-electron chi connectivity index (χ4n) is 2.71. The molecule has 2 aromatic carbocycles. The lowest BCUT2D eigenvalue weighted by molar-refractivity contribution is 0.0987. The predicted molar refractivity (Wildman–Crippen MR) is 92.1 cm³/mol. The van der Waals surface area contributed by atoms with Gasteiger partial charge in [-0.3, -0.25) is 4.79 Å². The van der Waals surface area contributed by atoms with Gasteiger partial charge >= 0.3 is 0 Å². The number of rotatable bonds is 8. The SMILES string of the molecule is CCCCCCc1ccc(O)c(C(=O)Cc2ccccc2)c1O. The van der Waals surface area contributed by atoms with Crippen LogP contribution in [0.1, 0.15) is 54.1 Å². The second-order valence-electron chi connectivity index (χ2n) is 5.86. The molecule has 0 saturated heterocycles. The molecule has 122 valence electrons. The van der Waals surface area contributed by atoms with Gasteiger partial charge in [0.05, 0.1) is 0 Å². The minimum Gasteiger partial charge on any atom is -0.507 e. The highest BCUT2D eigenvalue weighted by Crippen LogP contribution is 2.32. The lowest BCUT2D eigenvalue weighted by atomic mass is 9.96. The Morgan fingerprint density at radius 2 is 1.70 bits per heavy atom. The number of hydrogen-bond acceptors (Lipinski definition) is 3. The third-order valence-electron chi connectivity index (χ3n) is 4.03. The quantitative estimate of drug-likeness (QED) is 0.551. The smallest absolute Gasteiger partial charge is 0.174 e. The Morgan fingerprint density at radius 3 is 2.39 bits per heavy atom. The van der Waals surface area contributed by atoms with Crippen molar-refractivity contribution in [3.05, 3.63) is 59.2 Å². The third-order valence-corrected chi connectivity index (χ3v) is 4.03. The molecule has 2 rings (SSSR count). The lowest BCUT2D eigenvalue weighted by Crippen LogP contribution is -2.05. The Labute approximate surface area is 137 Å². The number of hydrogen-bond donors (Lipinski definition) is 2. The Kier molecular flexibility index (Phi) is 6.21. The standard InChI is InChI=1S/C20H24O3/c1-2-3-4-8-11-16-12-13-17(21)19(20(16)23)18(22)14-15-9-6-5-7-10-15/h5-7,9-10,12-13,21,23H,2-4,8,11,14H2,1H3. The van der Waals surface area contributed by atoms with Crippen molar-refractivity contribution in [2.24, 2.45) is 0 Å². The first-order chi connectivity index (χ1) is 11.1. The van der Waals surface area contributed by atoms with Crippen LogP contribution < -0.4 is 0 Å². The van der Waals surface area contributed by atoms with Crippen molar-refractivity contribution >= 4 is 5.78 Å². The van der Waals surface area contributed by atoms with Crippen LogP contribution >= 0.6 is 0 Å². The molecule has 0 aromatic heterocycles. The van der Waals surface area contributed by atoms with E-state index in [4.69, 9.17) is 0 Å². The molecule has 0 spiro atoms. The summed E-state index contributed by atoms with van der Waals surface area (Å²) in [5.74, 6) is -0.482. The molecule has 0 atom stereocenters. The summed E-state index contributed by atoms with van der Waals surface area (Å²) in [6.45, 7) is 2.15. The van der Waals surface area contributed by atoms with Crippen molar-refractivity contribution < 1.29 is 15.0 Å². The number of carbonyl (C=O) groups excluding carboxylic acids is 1. The summed E-state index contributed by atoms with van der Waals surface area (Å²) < 4.78 is 0. The van der Waals surface area contributed by atoms with Gasteiger partial charge in [-0.05, 0) is 30.0 Å². The van der Waals surface area contributed by atoms with Gasteiger partial charge in [0.2, 0.25) is 0 Å². The second-order valence-corrected chi connectivity index (χ2v) is 5.86. The molecule has 0 radical (unpaired) electrons. The van der Waals surface area contributed by atoms with Crippen LogP contribution in [0.3, 0.4) is 0 Å². The summed E-state index contributed by atoms with van der Waals surface area (Å²) in [5.41, 5.74) is 1.64. The lowest BCUT2D eigenvalue weighted by Gasteiger charge is -2.11. The molecule has 2 N–H and O–H groups in total. The fourth-order valence-corrected chi connectivity index (χ4v) is 2.71. The maximum atomic E-state index is 12.5. The fraction of sp³-hybridized carbons (Fsp3) is 0.350. The van der Waals surface area contributed by atoms with E-state index in [1.165, 1.54) is 12.5 Å². The molecule has 2 aromatic rings. The van der Waals surface area contributed by atoms with Gasteiger partial charge in [-0.15, -0.1) is 0 Å². The molecular weight excluding hydrogens is 288 g/mol. The van der Waals surface area contributed by atoms with Crippen molar-refractivity contribution in [1.29, 1.82) is 0 Å². The highest BCUT2D eigenvalue weighted by Gasteiger charge is 2.19. The van der Waals surface area contributed by atoms with E-state index < -0.39 is 0 Å². The van der Waals surface area contributed by atoms with E-state index in [0.29, 0.717) is 0 Å². The van der Waals surface area contributed by atoms with E-state index in [9.17, 15) is 15.0 Å². The predicted octanol–water partition coefficient (Wildman–Crippen LogP) is 4.65. The Hall–Kier alpha value is -2.29. The van der Waals surface area contributed by atoms with Gasteiger partial charge in [0.1, 0.15) is 17.1 Å². The Bertz CT molecular complexity index is 647. The van der Waals surface area contributed by atoms with Gasteiger partial charge in [0.25, 0.3) is 0 Å². The van der Waals surface area contributed by atoms with Gasteiger partial charge in [0, 0.05) is 6.42 Å². The van der Waals surface area contributed by atoms with Crippen LogP contribution in [0, 0.1) is 0 Å². The Balaban J connectivity index is 2.15. The zero-order valence-corrected chi connectivity index (χ0v) is 13.6. The van der Waals surface area contributed by atoms with Gasteiger partial charge < -0.3 is 10.2 Å². The number of phenolic OH excluding ortho intramolecular Hbond substituents is 2. The average molecular weight is 312 g/mol. The maximum Gasteiger partial charge on any atom is 0.174 e. The van der Waals surface area contributed by atoms with Crippen LogP contribution in [0.5, 0.6) is 11.5 Å². The number of ketones is 1. The molecule has 0 aliphatic rings. The molecule has 0 aliphatic heterocycles. The highest BCUT2D eigenvalue weighted by molar-refractivity contribution is 6.02. The Morgan fingerprint density at radius 1 is 0.957 bits per heavy atom.